The van der Waals surface area contributed by atoms with E-state index >= 15 is 0 Å². The van der Waals surface area contributed by atoms with Crippen LogP contribution in [-0.4, -0.2) is 28.4 Å². The summed E-state index contributed by atoms with van der Waals surface area (Å²) in [4.78, 5) is 26.2. The largest absolute Gasteiger partial charge is 0.479 e. The summed E-state index contributed by atoms with van der Waals surface area (Å²) in [6, 6.07) is 4.33. The van der Waals surface area contributed by atoms with Gasteiger partial charge in [-0.3, -0.25) is 4.79 Å². The number of carbonyl (C=O) groups excluding carboxylic acids is 1. The first-order valence-electron chi connectivity index (χ1n) is 6.48. The molecule has 2 aromatic rings. The molecule has 21 heavy (non-hydrogen) atoms. The minimum absolute atomic E-state index is 0.323. The lowest BCUT2D eigenvalue weighted by Gasteiger charge is -2.32. The highest BCUT2D eigenvalue weighted by Crippen LogP contribution is 2.33. The van der Waals surface area contributed by atoms with Crippen molar-refractivity contribution in [1.82, 2.24) is 4.90 Å². The molecule has 1 unspecified atom stereocenters. The number of hydrogen-bond acceptors (Lipinski definition) is 4. The first-order valence-corrected chi connectivity index (χ1v) is 7.36. The highest BCUT2D eigenvalue weighted by atomic mass is 32.1. The standard InChI is InChI=1S/C15H13NO4S/c17-13(4-3-10-2-1-8-20-10)16-7-5-12-11(6-9-21-12)14(16)15(18)19/h1-4,6,8-9,14H,5,7H2,(H,18,19). The van der Waals surface area contributed by atoms with Crippen LogP contribution >= 0.6 is 11.3 Å². The smallest absolute Gasteiger partial charge is 0.331 e. The third-order valence-electron chi connectivity index (χ3n) is 3.42. The average Bonchev–Trinajstić information content (AvgIpc) is 3.14. The van der Waals surface area contributed by atoms with Crippen molar-refractivity contribution in [3.8, 4) is 0 Å². The number of thiophene rings is 1. The number of carbonyl (C=O) groups is 2. The molecular weight excluding hydrogens is 290 g/mol. The fourth-order valence-corrected chi connectivity index (χ4v) is 3.36. The van der Waals surface area contributed by atoms with Gasteiger partial charge in [-0.25, -0.2) is 4.79 Å². The minimum atomic E-state index is -1.01. The molecule has 0 bridgehead atoms. The maximum absolute atomic E-state index is 12.3. The number of nitrogens with zero attached hydrogens (tertiary/aromatic N) is 1. The van der Waals surface area contributed by atoms with Crippen molar-refractivity contribution in [2.45, 2.75) is 12.5 Å². The molecule has 1 N–H and O–H groups in total. The molecule has 1 atom stereocenters. The maximum atomic E-state index is 12.3. The van der Waals surface area contributed by atoms with Crippen LogP contribution in [0.1, 0.15) is 22.2 Å². The average molecular weight is 303 g/mol. The van der Waals surface area contributed by atoms with Gasteiger partial charge < -0.3 is 14.4 Å². The van der Waals surface area contributed by atoms with E-state index in [-0.39, 0.29) is 5.91 Å². The van der Waals surface area contributed by atoms with Gasteiger partial charge in [-0.2, -0.15) is 0 Å². The van der Waals surface area contributed by atoms with Gasteiger partial charge in [0.2, 0.25) is 5.91 Å². The lowest BCUT2D eigenvalue weighted by atomic mass is 10.00. The van der Waals surface area contributed by atoms with E-state index in [1.165, 1.54) is 28.6 Å². The quantitative estimate of drug-likeness (QED) is 0.885. The summed E-state index contributed by atoms with van der Waals surface area (Å²) in [6.07, 6.45) is 5.11. The summed E-state index contributed by atoms with van der Waals surface area (Å²) in [5.41, 5.74) is 0.721. The van der Waals surface area contributed by atoms with E-state index in [9.17, 15) is 14.7 Å². The molecule has 3 heterocycles. The Morgan fingerprint density at radius 2 is 2.29 bits per heavy atom. The summed E-state index contributed by atoms with van der Waals surface area (Å²) in [6.45, 7) is 0.409. The highest BCUT2D eigenvalue weighted by molar-refractivity contribution is 7.10. The Balaban J connectivity index is 1.84. The number of furan rings is 1. The summed E-state index contributed by atoms with van der Waals surface area (Å²) < 4.78 is 5.12. The van der Waals surface area contributed by atoms with Crippen LogP contribution in [0.25, 0.3) is 6.08 Å². The first kappa shape index (κ1) is 13.6. The van der Waals surface area contributed by atoms with Crippen molar-refractivity contribution in [3.63, 3.8) is 0 Å². The Hall–Kier alpha value is -2.34. The zero-order valence-electron chi connectivity index (χ0n) is 11.1. The van der Waals surface area contributed by atoms with E-state index in [2.05, 4.69) is 0 Å². The predicted molar refractivity (Wildman–Crippen MR) is 77.9 cm³/mol. The second-order valence-corrected chi connectivity index (χ2v) is 5.67. The molecule has 0 saturated carbocycles. The van der Waals surface area contributed by atoms with E-state index < -0.39 is 12.0 Å². The van der Waals surface area contributed by atoms with Crippen LogP contribution in [0.3, 0.4) is 0 Å². The Labute approximate surface area is 125 Å². The first-order chi connectivity index (χ1) is 10.2. The van der Waals surface area contributed by atoms with Crippen LogP contribution in [0.4, 0.5) is 0 Å². The molecule has 5 nitrogen and oxygen atoms in total. The van der Waals surface area contributed by atoms with Gasteiger partial charge in [-0.15, -0.1) is 11.3 Å². The van der Waals surface area contributed by atoms with Crippen molar-refractivity contribution >= 4 is 29.3 Å². The SMILES string of the molecule is O=C(O)C1c2ccsc2CCN1C(=O)C=Cc1ccco1. The number of rotatable bonds is 3. The minimum Gasteiger partial charge on any atom is -0.479 e. The molecule has 108 valence electrons. The van der Waals surface area contributed by atoms with Gasteiger partial charge in [0.05, 0.1) is 6.26 Å². The molecule has 0 aliphatic carbocycles. The van der Waals surface area contributed by atoms with Crippen LogP contribution in [-0.2, 0) is 16.0 Å². The van der Waals surface area contributed by atoms with Crippen molar-refractivity contribution < 1.29 is 19.1 Å². The zero-order valence-corrected chi connectivity index (χ0v) is 11.9. The third-order valence-corrected chi connectivity index (χ3v) is 4.41. The van der Waals surface area contributed by atoms with Crippen molar-refractivity contribution in [2.75, 3.05) is 6.54 Å². The monoisotopic (exact) mass is 303 g/mol. The number of hydrogen-bond donors (Lipinski definition) is 1. The Bertz CT molecular complexity index is 686. The van der Waals surface area contributed by atoms with E-state index in [0.717, 1.165) is 10.4 Å². The van der Waals surface area contributed by atoms with Crippen LogP contribution in [0.2, 0.25) is 0 Å². The molecule has 1 amide bonds. The fraction of sp³-hybridized carbons (Fsp3) is 0.200. The fourth-order valence-electron chi connectivity index (χ4n) is 2.46. The molecule has 0 saturated heterocycles. The third kappa shape index (κ3) is 2.62. The molecule has 0 aromatic carbocycles. The Morgan fingerprint density at radius 3 is 3.00 bits per heavy atom. The van der Waals surface area contributed by atoms with E-state index in [0.29, 0.717) is 18.7 Å². The molecule has 0 spiro atoms. The molecule has 0 fully saturated rings. The van der Waals surface area contributed by atoms with Crippen molar-refractivity contribution in [2.24, 2.45) is 0 Å². The predicted octanol–water partition coefficient (Wildman–Crippen LogP) is 2.56. The van der Waals surface area contributed by atoms with Crippen LogP contribution in [0, 0.1) is 0 Å². The number of amides is 1. The summed E-state index contributed by atoms with van der Waals surface area (Å²) in [7, 11) is 0. The molecule has 2 aromatic heterocycles. The Morgan fingerprint density at radius 1 is 1.43 bits per heavy atom. The summed E-state index contributed by atoms with van der Waals surface area (Å²) in [5.74, 6) is -0.770. The van der Waals surface area contributed by atoms with Gasteiger partial charge in [-0.1, -0.05) is 0 Å². The van der Waals surface area contributed by atoms with Gasteiger partial charge in [0, 0.05) is 17.5 Å². The van der Waals surface area contributed by atoms with Crippen molar-refractivity contribution in [1.29, 1.82) is 0 Å². The maximum Gasteiger partial charge on any atom is 0.331 e. The van der Waals surface area contributed by atoms with Gasteiger partial charge in [0.15, 0.2) is 6.04 Å². The molecule has 1 aliphatic rings. The highest BCUT2D eigenvalue weighted by Gasteiger charge is 2.35. The summed E-state index contributed by atoms with van der Waals surface area (Å²) >= 11 is 1.54. The van der Waals surface area contributed by atoms with E-state index in [1.807, 2.05) is 5.38 Å². The molecule has 0 radical (unpaired) electrons. The van der Waals surface area contributed by atoms with Crippen molar-refractivity contribution in [3.05, 3.63) is 52.1 Å². The van der Waals surface area contributed by atoms with E-state index in [4.69, 9.17) is 4.42 Å². The van der Waals surface area contributed by atoms with Gasteiger partial charge in [0.25, 0.3) is 0 Å². The van der Waals surface area contributed by atoms with Gasteiger partial charge >= 0.3 is 5.97 Å². The Kier molecular flexibility index (Phi) is 3.62. The van der Waals surface area contributed by atoms with Crippen LogP contribution in [0.5, 0.6) is 0 Å². The molecule has 1 aliphatic heterocycles. The molecule has 6 heteroatoms. The number of fused-ring (bicyclic) bond motifs is 1. The second-order valence-electron chi connectivity index (χ2n) is 4.67. The van der Waals surface area contributed by atoms with Gasteiger partial charge in [0.1, 0.15) is 5.76 Å². The lowest BCUT2D eigenvalue weighted by Crippen LogP contribution is -2.42. The number of aliphatic carboxylic acids is 1. The van der Waals surface area contributed by atoms with E-state index in [1.54, 1.807) is 24.3 Å². The zero-order chi connectivity index (χ0) is 14.8. The number of carboxylic acid groups (broad SMARTS) is 1. The van der Waals surface area contributed by atoms with Crippen LogP contribution < -0.4 is 0 Å². The van der Waals surface area contributed by atoms with Crippen LogP contribution in [0.15, 0.2) is 40.3 Å². The van der Waals surface area contributed by atoms with Gasteiger partial charge in [-0.05, 0) is 41.6 Å². The normalized spacial score (nSPS) is 17.9. The molecule has 3 rings (SSSR count). The lowest BCUT2D eigenvalue weighted by molar-refractivity contribution is -0.149. The molecular formula is C15H13NO4S. The number of carboxylic acids is 1. The summed E-state index contributed by atoms with van der Waals surface area (Å²) in [5, 5.41) is 11.3. The topological polar surface area (TPSA) is 70.8 Å². The second kappa shape index (κ2) is 5.57.